The maximum Gasteiger partial charge on any atom is 0.251 e. The van der Waals surface area contributed by atoms with E-state index in [0.717, 1.165) is 49.1 Å². The molecule has 1 aliphatic rings. The molecule has 0 bridgehead atoms. The number of methoxy groups -OCH3 is 1. The summed E-state index contributed by atoms with van der Waals surface area (Å²) in [6, 6.07) is 11.1. The number of hydrogen-bond donors (Lipinski definition) is 1. The molecule has 2 aromatic rings. The van der Waals surface area contributed by atoms with Gasteiger partial charge in [-0.25, -0.2) is 8.78 Å². The van der Waals surface area contributed by atoms with E-state index in [1.807, 2.05) is 24.3 Å². The number of benzene rings is 2. The zero-order valence-corrected chi connectivity index (χ0v) is 14.1. The number of carbonyl (C=O) groups is 1. The first-order chi connectivity index (χ1) is 12.0. The van der Waals surface area contributed by atoms with Gasteiger partial charge in [0.15, 0.2) is 11.6 Å². The van der Waals surface area contributed by atoms with Crippen molar-refractivity contribution in [2.75, 3.05) is 13.7 Å². The molecule has 3 nitrogen and oxygen atoms in total. The highest BCUT2D eigenvalue weighted by Crippen LogP contribution is 2.41. The Kier molecular flexibility index (Phi) is 5.02. The molecule has 0 saturated heterocycles. The van der Waals surface area contributed by atoms with Crippen LogP contribution in [0.25, 0.3) is 0 Å². The van der Waals surface area contributed by atoms with E-state index < -0.39 is 17.5 Å². The van der Waals surface area contributed by atoms with Crippen LogP contribution < -0.4 is 10.1 Å². The minimum absolute atomic E-state index is 0.124. The highest BCUT2D eigenvalue weighted by Gasteiger charge is 2.36. The van der Waals surface area contributed by atoms with Crippen molar-refractivity contribution in [3.05, 3.63) is 65.2 Å². The molecule has 2 aromatic carbocycles. The Hall–Kier alpha value is -2.43. The van der Waals surface area contributed by atoms with E-state index in [-0.39, 0.29) is 11.0 Å². The summed E-state index contributed by atoms with van der Waals surface area (Å²) in [4.78, 5) is 12.3. The smallest absolute Gasteiger partial charge is 0.251 e. The van der Waals surface area contributed by atoms with E-state index in [4.69, 9.17) is 4.74 Å². The van der Waals surface area contributed by atoms with Crippen molar-refractivity contribution in [3.8, 4) is 5.75 Å². The lowest BCUT2D eigenvalue weighted by atomic mass is 9.78. The van der Waals surface area contributed by atoms with Crippen LogP contribution in [-0.2, 0) is 5.41 Å². The van der Waals surface area contributed by atoms with Crippen molar-refractivity contribution in [2.45, 2.75) is 31.1 Å². The summed E-state index contributed by atoms with van der Waals surface area (Å²) in [6.07, 6.45) is 4.18. The Morgan fingerprint density at radius 3 is 2.36 bits per heavy atom. The SMILES string of the molecule is COc1ccc(C2(CNC(=O)c3ccc(F)c(F)c3)CCCC2)cc1. The van der Waals surface area contributed by atoms with Crippen LogP contribution >= 0.6 is 0 Å². The molecule has 1 fully saturated rings. The second-order valence-electron chi connectivity index (χ2n) is 6.53. The Balaban J connectivity index is 1.75. The van der Waals surface area contributed by atoms with Gasteiger partial charge >= 0.3 is 0 Å². The van der Waals surface area contributed by atoms with E-state index in [2.05, 4.69) is 5.32 Å². The number of nitrogens with one attached hydrogen (secondary N) is 1. The number of rotatable bonds is 5. The zero-order chi connectivity index (χ0) is 17.9. The fourth-order valence-electron chi connectivity index (χ4n) is 3.55. The van der Waals surface area contributed by atoms with Crippen LogP contribution in [0, 0.1) is 11.6 Å². The highest BCUT2D eigenvalue weighted by atomic mass is 19.2. The third-order valence-electron chi connectivity index (χ3n) is 5.03. The van der Waals surface area contributed by atoms with Gasteiger partial charge < -0.3 is 10.1 Å². The van der Waals surface area contributed by atoms with Crippen molar-refractivity contribution >= 4 is 5.91 Å². The second kappa shape index (κ2) is 7.21. The maximum atomic E-state index is 13.3. The molecule has 1 saturated carbocycles. The van der Waals surface area contributed by atoms with Gasteiger partial charge in [-0.2, -0.15) is 0 Å². The molecule has 0 heterocycles. The minimum atomic E-state index is -1.02. The van der Waals surface area contributed by atoms with Gasteiger partial charge in [-0.05, 0) is 48.7 Å². The topological polar surface area (TPSA) is 38.3 Å². The molecular formula is C20H21F2NO2. The molecule has 25 heavy (non-hydrogen) atoms. The van der Waals surface area contributed by atoms with Crippen molar-refractivity contribution < 1.29 is 18.3 Å². The predicted octanol–water partition coefficient (Wildman–Crippen LogP) is 4.22. The van der Waals surface area contributed by atoms with E-state index in [1.165, 1.54) is 6.07 Å². The second-order valence-corrected chi connectivity index (χ2v) is 6.53. The van der Waals surface area contributed by atoms with Gasteiger partial charge in [-0.3, -0.25) is 4.79 Å². The molecule has 1 amide bonds. The molecule has 1 aliphatic carbocycles. The van der Waals surface area contributed by atoms with Gasteiger partial charge in [-0.15, -0.1) is 0 Å². The molecular weight excluding hydrogens is 324 g/mol. The Morgan fingerprint density at radius 1 is 1.08 bits per heavy atom. The average molecular weight is 345 g/mol. The van der Waals surface area contributed by atoms with Crippen LogP contribution in [0.15, 0.2) is 42.5 Å². The summed E-state index contributed by atoms with van der Waals surface area (Å²) in [5, 5.41) is 2.90. The Labute approximate surface area is 146 Å². The molecule has 3 rings (SSSR count). The number of hydrogen-bond acceptors (Lipinski definition) is 2. The summed E-state index contributed by atoms with van der Waals surface area (Å²) in [7, 11) is 1.63. The summed E-state index contributed by atoms with van der Waals surface area (Å²) in [6.45, 7) is 0.469. The standard InChI is InChI=1S/C20H21F2NO2/c1-25-16-7-5-15(6-8-16)20(10-2-3-11-20)13-23-19(24)14-4-9-17(21)18(22)12-14/h4-9,12H,2-3,10-11,13H2,1H3,(H,23,24). The third kappa shape index (κ3) is 3.65. The molecule has 132 valence electrons. The van der Waals surface area contributed by atoms with Crippen LogP contribution in [0.5, 0.6) is 5.75 Å². The lowest BCUT2D eigenvalue weighted by molar-refractivity contribution is 0.0942. The van der Waals surface area contributed by atoms with Crippen molar-refractivity contribution in [1.82, 2.24) is 5.32 Å². The van der Waals surface area contributed by atoms with Crippen LogP contribution in [0.2, 0.25) is 0 Å². The lowest BCUT2D eigenvalue weighted by Crippen LogP contribution is -2.39. The van der Waals surface area contributed by atoms with Crippen LogP contribution in [-0.4, -0.2) is 19.6 Å². The first-order valence-corrected chi connectivity index (χ1v) is 8.42. The fourth-order valence-corrected chi connectivity index (χ4v) is 3.55. The number of halogens is 2. The average Bonchev–Trinajstić information content (AvgIpc) is 3.12. The maximum absolute atomic E-state index is 13.3. The normalized spacial score (nSPS) is 15.8. The predicted molar refractivity (Wildman–Crippen MR) is 91.8 cm³/mol. The van der Waals surface area contributed by atoms with E-state index in [0.29, 0.717) is 6.54 Å². The van der Waals surface area contributed by atoms with Crippen LogP contribution in [0.4, 0.5) is 8.78 Å². The van der Waals surface area contributed by atoms with Crippen molar-refractivity contribution in [1.29, 1.82) is 0 Å². The number of amides is 1. The quantitative estimate of drug-likeness (QED) is 0.881. The van der Waals surface area contributed by atoms with E-state index >= 15 is 0 Å². The number of carbonyl (C=O) groups excluding carboxylic acids is 1. The highest BCUT2D eigenvalue weighted by molar-refractivity contribution is 5.94. The molecule has 1 N–H and O–H groups in total. The van der Waals surface area contributed by atoms with Gasteiger partial charge in [0.2, 0.25) is 0 Å². The Bertz CT molecular complexity index is 753. The largest absolute Gasteiger partial charge is 0.497 e. The monoisotopic (exact) mass is 345 g/mol. The summed E-state index contributed by atoms with van der Waals surface area (Å²) >= 11 is 0. The van der Waals surface area contributed by atoms with E-state index in [1.54, 1.807) is 7.11 Å². The lowest BCUT2D eigenvalue weighted by Gasteiger charge is -2.30. The fraction of sp³-hybridized carbons (Fsp3) is 0.350. The van der Waals surface area contributed by atoms with Crippen molar-refractivity contribution in [2.24, 2.45) is 0 Å². The van der Waals surface area contributed by atoms with Gasteiger partial charge in [0.1, 0.15) is 5.75 Å². The van der Waals surface area contributed by atoms with Crippen LogP contribution in [0.1, 0.15) is 41.6 Å². The van der Waals surface area contributed by atoms with Crippen LogP contribution in [0.3, 0.4) is 0 Å². The molecule has 0 spiro atoms. The van der Waals surface area contributed by atoms with Gasteiger partial charge in [0.05, 0.1) is 7.11 Å². The first-order valence-electron chi connectivity index (χ1n) is 8.42. The van der Waals surface area contributed by atoms with E-state index in [9.17, 15) is 13.6 Å². The Morgan fingerprint density at radius 2 is 1.76 bits per heavy atom. The zero-order valence-electron chi connectivity index (χ0n) is 14.1. The summed E-state index contributed by atoms with van der Waals surface area (Å²) in [5.74, 6) is -1.57. The van der Waals surface area contributed by atoms with Gasteiger partial charge in [0, 0.05) is 17.5 Å². The van der Waals surface area contributed by atoms with Gasteiger partial charge in [-0.1, -0.05) is 25.0 Å². The molecule has 0 atom stereocenters. The third-order valence-corrected chi connectivity index (χ3v) is 5.03. The molecule has 0 aliphatic heterocycles. The minimum Gasteiger partial charge on any atom is -0.497 e. The molecule has 0 radical (unpaired) electrons. The first kappa shape index (κ1) is 17.4. The molecule has 0 unspecified atom stereocenters. The van der Waals surface area contributed by atoms with Crippen molar-refractivity contribution in [3.63, 3.8) is 0 Å². The van der Waals surface area contributed by atoms with Gasteiger partial charge in [0.25, 0.3) is 5.91 Å². The summed E-state index contributed by atoms with van der Waals surface area (Å²) in [5.41, 5.74) is 1.17. The number of ether oxygens (including phenoxy) is 1. The molecule has 0 aromatic heterocycles. The summed E-state index contributed by atoms with van der Waals surface area (Å²) < 4.78 is 31.6. The molecule has 5 heteroatoms.